The Morgan fingerprint density at radius 1 is 0.903 bits per heavy atom. The molecule has 8 nitrogen and oxygen atoms in total. The smallest absolute Gasteiger partial charge is 0.319 e. The third-order valence-corrected chi connectivity index (χ3v) is 4.51. The predicted octanol–water partition coefficient (Wildman–Crippen LogP) is 4.34. The maximum absolute atomic E-state index is 12.0. The third-order valence-electron chi connectivity index (χ3n) is 4.51. The van der Waals surface area contributed by atoms with Crippen LogP contribution in [-0.2, 0) is 4.79 Å². The number of hydrogen-bond donors (Lipinski definition) is 3. The van der Waals surface area contributed by atoms with Crippen molar-refractivity contribution in [2.45, 2.75) is 27.2 Å². The van der Waals surface area contributed by atoms with Crippen LogP contribution in [0.1, 0.15) is 23.1 Å². The van der Waals surface area contributed by atoms with E-state index >= 15 is 0 Å². The number of rotatable bonds is 7. The highest BCUT2D eigenvalue weighted by molar-refractivity contribution is 5.91. The molecule has 3 amide bonds. The van der Waals surface area contributed by atoms with Crippen LogP contribution in [0, 0.1) is 20.8 Å². The van der Waals surface area contributed by atoms with Gasteiger partial charge in [-0.1, -0.05) is 12.1 Å². The minimum Gasteiger partial charge on any atom is -0.439 e. The highest BCUT2D eigenvalue weighted by Gasteiger charge is 2.07. The Balaban J connectivity index is 1.41. The number of carbonyl (C=O) groups is 2. The summed E-state index contributed by atoms with van der Waals surface area (Å²) in [5, 5.41) is 7.98. The fourth-order valence-corrected chi connectivity index (χ4v) is 2.62. The molecule has 0 unspecified atom stereocenters. The molecule has 1 aromatic carbocycles. The summed E-state index contributed by atoms with van der Waals surface area (Å²) in [6.07, 6.45) is 3.31. The van der Waals surface area contributed by atoms with Crippen LogP contribution in [0.25, 0.3) is 0 Å². The summed E-state index contributed by atoms with van der Waals surface area (Å²) in [5.74, 6) is 1.38. The van der Waals surface area contributed by atoms with E-state index in [9.17, 15) is 9.59 Å². The van der Waals surface area contributed by atoms with Crippen LogP contribution < -0.4 is 20.7 Å². The average Bonchev–Trinajstić information content (AvgIpc) is 2.74. The van der Waals surface area contributed by atoms with E-state index in [2.05, 4.69) is 25.9 Å². The Morgan fingerprint density at radius 2 is 1.74 bits per heavy atom. The largest absolute Gasteiger partial charge is 0.439 e. The summed E-state index contributed by atoms with van der Waals surface area (Å²) in [6, 6.07) is 12.4. The van der Waals surface area contributed by atoms with E-state index in [0.29, 0.717) is 23.1 Å². The highest BCUT2D eigenvalue weighted by atomic mass is 16.5. The van der Waals surface area contributed by atoms with Gasteiger partial charge in [-0.05, 0) is 61.7 Å². The van der Waals surface area contributed by atoms with E-state index in [1.54, 1.807) is 24.4 Å². The van der Waals surface area contributed by atoms with Crippen LogP contribution in [0.4, 0.5) is 16.3 Å². The quantitative estimate of drug-likeness (QED) is 0.528. The van der Waals surface area contributed by atoms with Gasteiger partial charge in [-0.2, -0.15) is 0 Å². The van der Waals surface area contributed by atoms with E-state index in [4.69, 9.17) is 4.74 Å². The molecule has 0 aliphatic heterocycles. The fraction of sp³-hybridized carbons (Fsp3) is 0.217. The van der Waals surface area contributed by atoms with Crippen LogP contribution in [0.2, 0.25) is 0 Å². The van der Waals surface area contributed by atoms with Crippen LogP contribution in [0.5, 0.6) is 11.6 Å². The maximum Gasteiger partial charge on any atom is 0.319 e. The van der Waals surface area contributed by atoms with Gasteiger partial charge in [0.15, 0.2) is 0 Å². The van der Waals surface area contributed by atoms with Crippen molar-refractivity contribution < 1.29 is 14.3 Å². The molecule has 160 valence electrons. The van der Waals surface area contributed by atoms with E-state index < -0.39 is 6.03 Å². The number of benzene rings is 1. The standard InChI is InChI=1S/C23H25N5O3/c1-15-4-8-20(25-13-15)28-21(29)10-11-24-23(30)27-18-6-9-22(26-14-18)31-19-7-5-16(2)17(3)12-19/h4-9,12-14H,10-11H2,1-3H3,(H2,24,27,30)(H,25,28,29). The maximum atomic E-state index is 12.0. The number of carbonyl (C=O) groups excluding carboxylic acids is 2. The molecule has 0 fully saturated rings. The SMILES string of the molecule is Cc1ccc(NC(=O)CCNC(=O)Nc2ccc(Oc3ccc(C)c(C)c3)nc2)nc1. The summed E-state index contributed by atoms with van der Waals surface area (Å²) < 4.78 is 5.73. The van der Waals surface area contributed by atoms with Gasteiger partial charge in [-0.3, -0.25) is 4.79 Å². The summed E-state index contributed by atoms with van der Waals surface area (Å²) in [6.45, 7) is 6.16. The Kier molecular flexibility index (Phi) is 7.16. The number of ether oxygens (including phenoxy) is 1. The monoisotopic (exact) mass is 419 g/mol. The minimum atomic E-state index is -0.425. The Labute approximate surface area is 181 Å². The van der Waals surface area contributed by atoms with Gasteiger partial charge in [0.25, 0.3) is 0 Å². The number of nitrogens with zero attached hydrogens (tertiary/aromatic N) is 2. The van der Waals surface area contributed by atoms with Crippen molar-refractivity contribution in [2.24, 2.45) is 0 Å². The average molecular weight is 419 g/mol. The number of aromatic nitrogens is 2. The molecule has 0 saturated carbocycles. The van der Waals surface area contributed by atoms with Crippen LogP contribution in [-0.4, -0.2) is 28.5 Å². The van der Waals surface area contributed by atoms with Crippen molar-refractivity contribution in [2.75, 3.05) is 17.2 Å². The first-order valence-electron chi connectivity index (χ1n) is 9.87. The van der Waals surface area contributed by atoms with Gasteiger partial charge in [0, 0.05) is 25.2 Å². The lowest BCUT2D eigenvalue weighted by atomic mass is 10.1. The molecular weight excluding hydrogens is 394 g/mol. The number of urea groups is 1. The molecular formula is C23H25N5O3. The molecule has 0 radical (unpaired) electrons. The number of nitrogens with one attached hydrogen (secondary N) is 3. The molecule has 0 spiro atoms. The van der Waals surface area contributed by atoms with E-state index in [-0.39, 0.29) is 18.9 Å². The lowest BCUT2D eigenvalue weighted by Gasteiger charge is -2.09. The van der Waals surface area contributed by atoms with Gasteiger partial charge < -0.3 is 20.7 Å². The second-order valence-electron chi connectivity index (χ2n) is 7.13. The molecule has 3 rings (SSSR count). The van der Waals surface area contributed by atoms with E-state index in [1.165, 1.54) is 11.8 Å². The molecule has 31 heavy (non-hydrogen) atoms. The molecule has 0 aliphatic carbocycles. The second-order valence-corrected chi connectivity index (χ2v) is 7.13. The lowest BCUT2D eigenvalue weighted by molar-refractivity contribution is -0.116. The van der Waals surface area contributed by atoms with Crippen LogP contribution in [0.15, 0.2) is 54.9 Å². The zero-order valence-electron chi connectivity index (χ0n) is 17.7. The zero-order valence-corrected chi connectivity index (χ0v) is 17.7. The van der Waals surface area contributed by atoms with Gasteiger partial charge in [0.05, 0.1) is 11.9 Å². The summed E-state index contributed by atoms with van der Waals surface area (Å²) in [5.41, 5.74) is 3.85. The lowest BCUT2D eigenvalue weighted by Crippen LogP contribution is -2.31. The van der Waals surface area contributed by atoms with Crippen molar-refractivity contribution in [1.29, 1.82) is 0 Å². The van der Waals surface area contributed by atoms with E-state index in [0.717, 1.165) is 11.1 Å². The first-order chi connectivity index (χ1) is 14.9. The number of anilines is 2. The van der Waals surface area contributed by atoms with Crippen LogP contribution >= 0.6 is 0 Å². The third kappa shape index (κ3) is 6.81. The van der Waals surface area contributed by atoms with Gasteiger partial charge in [0.1, 0.15) is 11.6 Å². The summed E-state index contributed by atoms with van der Waals surface area (Å²) >= 11 is 0. The van der Waals surface area contributed by atoms with Crippen molar-refractivity contribution in [3.05, 3.63) is 71.5 Å². The number of pyridine rings is 2. The Morgan fingerprint density at radius 3 is 2.42 bits per heavy atom. The topological polar surface area (TPSA) is 105 Å². The van der Waals surface area contributed by atoms with Gasteiger partial charge >= 0.3 is 6.03 Å². The Bertz CT molecular complexity index is 1050. The van der Waals surface area contributed by atoms with Gasteiger partial charge in [-0.15, -0.1) is 0 Å². The summed E-state index contributed by atoms with van der Waals surface area (Å²) in [7, 11) is 0. The van der Waals surface area contributed by atoms with E-state index in [1.807, 2.05) is 45.0 Å². The van der Waals surface area contributed by atoms with Gasteiger partial charge in [0.2, 0.25) is 11.8 Å². The molecule has 3 aromatic rings. The number of aryl methyl sites for hydroxylation is 3. The first kappa shape index (κ1) is 21.8. The zero-order chi connectivity index (χ0) is 22.2. The number of amides is 3. The minimum absolute atomic E-state index is 0.129. The predicted molar refractivity (Wildman–Crippen MR) is 119 cm³/mol. The first-order valence-corrected chi connectivity index (χ1v) is 9.87. The van der Waals surface area contributed by atoms with Crippen molar-refractivity contribution >= 4 is 23.4 Å². The second kappa shape index (κ2) is 10.2. The molecule has 3 N–H and O–H groups in total. The number of hydrogen-bond acceptors (Lipinski definition) is 5. The van der Waals surface area contributed by atoms with Crippen molar-refractivity contribution in [3.8, 4) is 11.6 Å². The molecule has 0 saturated heterocycles. The Hall–Kier alpha value is -3.94. The molecule has 8 heteroatoms. The normalized spacial score (nSPS) is 10.3. The molecule has 0 bridgehead atoms. The van der Waals surface area contributed by atoms with Crippen molar-refractivity contribution in [1.82, 2.24) is 15.3 Å². The molecule has 0 aliphatic rings. The molecule has 0 atom stereocenters. The highest BCUT2D eigenvalue weighted by Crippen LogP contribution is 2.22. The van der Waals surface area contributed by atoms with Crippen molar-refractivity contribution in [3.63, 3.8) is 0 Å². The fourth-order valence-electron chi connectivity index (χ4n) is 2.62. The molecule has 2 aromatic heterocycles. The molecule has 2 heterocycles. The van der Waals surface area contributed by atoms with Crippen LogP contribution in [0.3, 0.4) is 0 Å². The van der Waals surface area contributed by atoms with Gasteiger partial charge in [-0.25, -0.2) is 14.8 Å². The summed E-state index contributed by atoms with van der Waals surface area (Å²) in [4.78, 5) is 32.2.